The first kappa shape index (κ1) is 13.1. The minimum atomic E-state index is -0.589. The molecule has 0 radical (unpaired) electrons. The SMILES string of the molecule is CCCCNC(N)=NCc1ccc(C(N)=O)o1. The highest BCUT2D eigenvalue weighted by atomic mass is 16.3. The number of rotatable bonds is 6. The van der Waals surface area contributed by atoms with E-state index in [0.717, 1.165) is 19.4 Å². The van der Waals surface area contributed by atoms with E-state index in [1.54, 1.807) is 6.07 Å². The molecular formula is C11H18N4O2. The molecule has 94 valence electrons. The number of carbonyl (C=O) groups is 1. The summed E-state index contributed by atoms with van der Waals surface area (Å²) < 4.78 is 5.16. The van der Waals surface area contributed by atoms with E-state index in [2.05, 4.69) is 17.2 Å². The Kier molecular flexibility index (Phi) is 5.06. The quantitative estimate of drug-likeness (QED) is 0.383. The van der Waals surface area contributed by atoms with Crippen LogP contribution in [0.15, 0.2) is 21.5 Å². The second-order valence-corrected chi connectivity index (χ2v) is 3.61. The molecule has 6 nitrogen and oxygen atoms in total. The molecule has 1 rings (SSSR count). The van der Waals surface area contributed by atoms with Crippen molar-refractivity contribution >= 4 is 11.9 Å². The van der Waals surface area contributed by atoms with Gasteiger partial charge in [0, 0.05) is 6.54 Å². The smallest absolute Gasteiger partial charge is 0.284 e. The molecule has 6 heteroatoms. The number of nitrogens with two attached hydrogens (primary N) is 2. The summed E-state index contributed by atoms with van der Waals surface area (Å²) in [6.07, 6.45) is 2.14. The molecule has 0 saturated carbocycles. The molecule has 1 amide bonds. The molecule has 1 heterocycles. The number of unbranched alkanes of at least 4 members (excludes halogenated alkanes) is 1. The summed E-state index contributed by atoms with van der Waals surface area (Å²) in [6.45, 7) is 3.19. The Balaban J connectivity index is 2.42. The first-order chi connectivity index (χ1) is 8.13. The van der Waals surface area contributed by atoms with E-state index in [1.165, 1.54) is 6.07 Å². The minimum Gasteiger partial charge on any atom is -0.454 e. The molecule has 0 bridgehead atoms. The van der Waals surface area contributed by atoms with Crippen LogP contribution in [0.2, 0.25) is 0 Å². The van der Waals surface area contributed by atoms with E-state index in [1.807, 2.05) is 0 Å². The van der Waals surface area contributed by atoms with Crippen molar-refractivity contribution in [2.45, 2.75) is 26.3 Å². The van der Waals surface area contributed by atoms with E-state index in [9.17, 15) is 4.79 Å². The summed E-state index contributed by atoms with van der Waals surface area (Å²) >= 11 is 0. The predicted molar refractivity (Wildman–Crippen MR) is 65.5 cm³/mol. The Morgan fingerprint density at radius 1 is 1.47 bits per heavy atom. The first-order valence-corrected chi connectivity index (χ1v) is 5.55. The lowest BCUT2D eigenvalue weighted by Crippen LogP contribution is -2.32. The van der Waals surface area contributed by atoms with Crippen molar-refractivity contribution in [1.29, 1.82) is 0 Å². The Hall–Kier alpha value is -1.98. The zero-order chi connectivity index (χ0) is 12.7. The van der Waals surface area contributed by atoms with Crippen molar-refractivity contribution in [1.82, 2.24) is 5.32 Å². The summed E-state index contributed by atoms with van der Waals surface area (Å²) in [5, 5.41) is 2.98. The lowest BCUT2D eigenvalue weighted by atomic mass is 10.3. The van der Waals surface area contributed by atoms with E-state index in [0.29, 0.717) is 11.7 Å². The second-order valence-electron chi connectivity index (χ2n) is 3.61. The lowest BCUT2D eigenvalue weighted by Gasteiger charge is -2.03. The van der Waals surface area contributed by atoms with Gasteiger partial charge < -0.3 is 21.2 Å². The fourth-order valence-electron chi connectivity index (χ4n) is 1.21. The Morgan fingerprint density at radius 3 is 2.82 bits per heavy atom. The van der Waals surface area contributed by atoms with Gasteiger partial charge in [0.05, 0.1) is 0 Å². The number of nitrogens with zero attached hydrogens (tertiary/aromatic N) is 1. The van der Waals surface area contributed by atoms with Gasteiger partial charge in [-0.15, -0.1) is 0 Å². The Bertz CT molecular complexity index is 398. The number of aliphatic imine (C=N–C) groups is 1. The van der Waals surface area contributed by atoms with Crippen molar-refractivity contribution in [3.05, 3.63) is 23.7 Å². The number of amides is 1. The summed E-state index contributed by atoms with van der Waals surface area (Å²) in [5.74, 6) is 0.469. The van der Waals surface area contributed by atoms with Crippen LogP contribution >= 0.6 is 0 Å². The standard InChI is InChI=1S/C11H18N4O2/c1-2-3-6-14-11(13)15-7-8-4-5-9(17-8)10(12)16/h4-5H,2-3,6-7H2,1H3,(H2,12,16)(H3,13,14,15). The van der Waals surface area contributed by atoms with Gasteiger partial charge >= 0.3 is 0 Å². The number of carbonyl (C=O) groups excluding carboxylic acids is 1. The molecule has 1 aromatic rings. The van der Waals surface area contributed by atoms with Crippen molar-refractivity contribution in [2.75, 3.05) is 6.54 Å². The van der Waals surface area contributed by atoms with Crippen LogP contribution in [0.25, 0.3) is 0 Å². The van der Waals surface area contributed by atoms with Gasteiger partial charge in [0.1, 0.15) is 12.3 Å². The third-order valence-electron chi connectivity index (χ3n) is 2.15. The van der Waals surface area contributed by atoms with E-state index >= 15 is 0 Å². The third kappa shape index (κ3) is 4.58. The molecule has 0 fully saturated rings. The highest BCUT2D eigenvalue weighted by Crippen LogP contribution is 2.07. The van der Waals surface area contributed by atoms with Crippen molar-refractivity contribution < 1.29 is 9.21 Å². The average Bonchev–Trinajstić information content (AvgIpc) is 2.75. The molecule has 0 aliphatic carbocycles. The highest BCUT2D eigenvalue weighted by molar-refractivity contribution is 5.89. The maximum atomic E-state index is 10.8. The molecule has 0 saturated heterocycles. The number of hydrogen-bond donors (Lipinski definition) is 3. The lowest BCUT2D eigenvalue weighted by molar-refractivity contribution is 0.0972. The van der Waals surface area contributed by atoms with Crippen molar-refractivity contribution in [3.63, 3.8) is 0 Å². The Morgan fingerprint density at radius 2 is 2.24 bits per heavy atom. The largest absolute Gasteiger partial charge is 0.454 e. The molecule has 5 N–H and O–H groups in total. The number of primary amides is 1. The van der Waals surface area contributed by atoms with Crippen molar-refractivity contribution in [2.24, 2.45) is 16.5 Å². The van der Waals surface area contributed by atoms with Crippen LogP contribution in [-0.2, 0) is 6.54 Å². The summed E-state index contributed by atoms with van der Waals surface area (Å²) in [7, 11) is 0. The maximum absolute atomic E-state index is 10.8. The molecule has 17 heavy (non-hydrogen) atoms. The van der Waals surface area contributed by atoms with Gasteiger partial charge in [0.2, 0.25) is 0 Å². The molecule has 0 aromatic carbocycles. The molecule has 1 aromatic heterocycles. The zero-order valence-corrected chi connectivity index (χ0v) is 9.90. The van der Waals surface area contributed by atoms with Gasteiger partial charge in [-0.1, -0.05) is 13.3 Å². The van der Waals surface area contributed by atoms with E-state index < -0.39 is 5.91 Å². The molecular weight excluding hydrogens is 220 g/mol. The monoisotopic (exact) mass is 238 g/mol. The van der Waals surface area contributed by atoms with Crippen LogP contribution in [0.3, 0.4) is 0 Å². The number of nitrogens with one attached hydrogen (secondary N) is 1. The minimum absolute atomic E-state index is 0.132. The fraction of sp³-hybridized carbons (Fsp3) is 0.455. The van der Waals surface area contributed by atoms with Crippen LogP contribution in [0, 0.1) is 0 Å². The van der Waals surface area contributed by atoms with Crippen LogP contribution in [0.4, 0.5) is 0 Å². The van der Waals surface area contributed by atoms with Gasteiger partial charge in [-0.2, -0.15) is 0 Å². The van der Waals surface area contributed by atoms with Crippen LogP contribution in [-0.4, -0.2) is 18.4 Å². The normalized spacial score (nSPS) is 11.5. The zero-order valence-electron chi connectivity index (χ0n) is 9.90. The van der Waals surface area contributed by atoms with Gasteiger partial charge in [-0.25, -0.2) is 4.99 Å². The van der Waals surface area contributed by atoms with E-state index in [-0.39, 0.29) is 12.3 Å². The van der Waals surface area contributed by atoms with Crippen LogP contribution in [0.5, 0.6) is 0 Å². The van der Waals surface area contributed by atoms with Gasteiger partial charge in [0.25, 0.3) is 5.91 Å². The van der Waals surface area contributed by atoms with Crippen LogP contribution in [0.1, 0.15) is 36.1 Å². The molecule has 0 aliphatic rings. The van der Waals surface area contributed by atoms with Gasteiger partial charge in [-0.3, -0.25) is 4.79 Å². The van der Waals surface area contributed by atoms with Gasteiger partial charge in [0.15, 0.2) is 11.7 Å². The average molecular weight is 238 g/mol. The fourth-order valence-corrected chi connectivity index (χ4v) is 1.21. The summed E-state index contributed by atoms with van der Waals surface area (Å²) in [5.41, 5.74) is 10.7. The van der Waals surface area contributed by atoms with Crippen LogP contribution < -0.4 is 16.8 Å². The van der Waals surface area contributed by atoms with E-state index in [4.69, 9.17) is 15.9 Å². The summed E-state index contributed by atoms with van der Waals surface area (Å²) in [6, 6.07) is 3.18. The predicted octanol–water partition coefficient (Wildman–Crippen LogP) is 0.583. The van der Waals surface area contributed by atoms with Gasteiger partial charge in [-0.05, 0) is 18.6 Å². The number of guanidine groups is 1. The summed E-state index contributed by atoms with van der Waals surface area (Å²) in [4.78, 5) is 14.9. The number of furan rings is 1. The third-order valence-corrected chi connectivity index (χ3v) is 2.15. The topological polar surface area (TPSA) is 107 Å². The number of hydrogen-bond acceptors (Lipinski definition) is 3. The maximum Gasteiger partial charge on any atom is 0.284 e. The first-order valence-electron chi connectivity index (χ1n) is 5.55. The Labute approximate surface area is 100 Å². The second kappa shape index (κ2) is 6.57. The molecule has 0 unspecified atom stereocenters. The molecule has 0 aliphatic heterocycles. The van der Waals surface area contributed by atoms with Crippen molar-refractivity contribution in [3.8, 4) is 0 Å². The molecule has 0 spiro atoms. The molecule has 0 atom stereocenters. The highest BCUT2D eigenvalue weighted by Gasteiger charge is 2.06.